The van der Waals surface area contributed by atoms with Crippen LogP contribution < -0.4 is 21.3 Å². The summed E-state index contributed by atoms with van der Waals surface area (Å²) in [5.74, 6) is -4.94. The zero-order chi connectivity index (χ0) is 32.2. The van der Waals surface area contributed by atoms with Gasteiger partial charge in [0.2, 0.25) is 0 Å². The Morgan fingerprint density at radius 3 is 2.18 bits per heavy atom. The van der Waals surface area contributed by atoms with Gasteiger partial charge in [0, 0.05) is 38.1 Å². The first kappa shape index (κ1) is 31.7. The molecule has 0 aliphatic carbocycles. The number of carbonyl (C=O) groups excluding carboxylic acids is 2. The van der Waals surface area contributed by atoms with E-state index in [9.17, 15) is 27.6 Å². The fraction of sp³-hybridized carbons (Fsp3) is 0.207. The number of rotatable bonds is 10. The molecule has 4 aromatic rings. The first-order valence-electron chi connectivity index (χ1n) is 13.1. The number of carbonyl (C=O) groups is 2. The van der Waals surface area contributed by atoms with Gasteiger partial charge in [-0.05, 0) is 55.8 Å². The summed E-state index contributed by atoms with van der Waals surface area (Å²) in [6, 6.07) is 9.43. The first-order chi connectivity index (χ1) is 20.8. The van der Waals surface area contributed by atoms with Gasteiger partial charge in [0.15, 0.2) is 0 Å². The van der Waals surface area contributed by atoms with Crippen LogP contribution in [0, 0.1) is 11.6 Å². The lowest BCUT2D eigenvalue weighted by Crippen LogP contribution is -2.44. The third kappa shape index (κ3) is 7.23. The van der Waals surface area contributed by atoms with E-state index < -0.39 is 68.2 Å². The Morgan fingerprint density at radius 1 is 0.977 bits per heavy atom. The van der Waals surface area contributed by atoms with Crippen molar-refractivity contribution in [2.75, 3.05) is 4.72 Å². The fourth-order valence-corrected chi connectivity index (χ4v) is 5.16. The van der Waals surface area contributed by atoms with E-state index in [2.05, 4.69) is 10.3 Å². The molecule has 2 aromatic carbocycles. The number of nitrogens with one attached hydrogen (secondary N) is 2. The van der Waals surface area contributed by atoms with Crippen LogP contribution in [0.4, 0.5) is 14.5 Å². The molecule has 0 unspecified atom stereocenters. The predicted molar refractivity (Wildman–Crippen MR) is 155 cm³/mol. The van der Waals surface area contributed by atoms with Gasteiger partial charge >= 0.3 is 11.7 Å². The summed E-state index contributed by atoms with van der Waals surface area (Å²) >= 11 is 0. The van der Waals surface area contributed by atoms with Crippen molar-refractivity contribution in [3.05, 3.63) is 117 Å². The number of amides is 1. The number of nitrogens with zero attached hydrogens (tertiary/aromatic N) is 3. The minimum Gasteiger partial charge on any atom is -0.461 e. The summed E-state index contributed by atoms with van der Waals surface area (Å²) in [5, 5.41) is 2.29. The average molecular weight is 628 g/mol. The maximum atomic E-state index is 15.0. The van der Waals surface area contributed by atoms with E-state index in [1.54, 1.807) is 13.8 Å². The van der Waals surface area contributed by atoms with Gasteiger partial charge < -0.3 is 14.6 Å². The smallest absolute Gasteiger partial charge is 0.335 e. The molecule has 0 aliphatic rings. The minimum atomic E-state index is -4.21. The van der Waals surface area contributed by atoms with Crippen molar-refractivity contribution in [2.24, 2.45) is 7.05 Å². The Bertz CT molecular complexity index is 1900. The Kier molecular flexibility index (Phi) is 9.37. The number of halogens is 2. The number of ether oxygens (including phenoxy) is 1. The minimum absolute atomic E-state index is 0.174. The molecule has 0 saturated carbocycles. The predicted octanol–water partition coefficient (Wildman–Crippen LogP) is 2.30. The zero-order valence-corrected chi connectivity index (χ0v) is 24.5. The molecule has 1 atom stereocenters. The van der Waals surface area contributed by atoms with Crippen molar-refractivity contribution in [1.29, 1.82) is 0 Å². The Morgan fingerprint density at radius 2 is 1.59 bits per heavy atom. The van der Waals surface area contributed by atoms with Gasteiger partial charge in [0.1, 0.15) is 23.2 Å². The fourth-order valence-electron chi connectivity index (χ4n) is 4.14. The molecular weight excluding hydrogens is 600 g/mol. The second-order valence-corrected chi connectivity index (χ2v) is 11.6. The third-order valence-corrected chi connectivity index (χ3v) is 7.61. The van der Waals surface area contributed by atoms with Crippen LogP contribution in [-0.4, -0.2) is 46.6 Å². The van der Waals surface area contributed by atoms with Gasteiger partial charge in [-0.15, -0.1) is 0 Å². The van der Waals surface area contributed by atoms with Crippen molar-refractivity contribution in [2.45, 2.75) is 37.3 Å². The molecule has 0 bridgehead atoms. The summed E-state index contributed by atoms with van der Waals surface area (Å²) in [5.41, 5.74) is -1.93. The van der Waals surface area contributed by atoms with Crippen LogP contribution in [0.25, 0.3) is 5.69 Å². The number of sulfonamides is 1. The monoisotopic (exact) mass is 627 g/mol. The standard InChI is InChI=1S/C29H27F2N5O7S/c1-17(2)43-28(39)24(14-18-4-6-20(7-5-18)36-25(37)10-13-35(3)29(36)40)33-27(38)26-22(30)15-19(16-23(26)31)34-44(41,42)21-8-11-32-12-9-21/h4-13,15-17,24,34H,14H2,1-3H3,(H,33,38)/t24-/m0/s1. The molecule has 1 amide bonds. The zero-order valence-electron chi connectivity index (χ0n) is 23.7. The van der Waals surface area contributed by atoms with Gasteiger partial charge in [0.05, 0.1) is 22.4 Å². The number of anilines is 1. The molecule has 2 N–H and O–H groups in total. The molecule has 12 nitrogen and oxygen atoms in total. The van der Waals surface area contributed by atoms with Crippen LogP contribution in [0.3, 0.4) is 0 Å². The van der Waals surface area contributed by atoms with Gasteiger partial charge in [0.25, 0.3) is 21.5 Å². The molecule has 230 valence electrons. The number of hydrogen-bond donors (Lipinski definition) is 2. The van der Waals surface area contributed by atoms with Crippen molar-refractivity contribution >= 4 is 27.6 Å². The van der Waals surface area contributed by atoms with Gasteiger partial charge in [-0.1, -0.05) is 12.1 Å². The highest BCUT2D eigenvalue weighted by molar-refractivity contribution is 7.92. The van der Waals surface area contributed by atoms with Crippen molar-refractivity contribution in [3.8, 4) is 5.69 Å². The number of hydrogen-bond acceptors (Lipinski definition) is 8. The quantitative estimate of drug-likeness (QED) is 0.254. The highest BCUT2D eigenvalue weighted by Gasteiger charge is 2.28. The van der Waals surface area contributed by atoms with E-state index in [1.807, 2.05) is 4.72 Å². The molecule has 44 heavy (non-hydrogen) atoms. The molecule has 15 heteroatoms. The lowest BCUT2D eigenvalue weighted by molar-refractivity contribution is -0.149. The third-order valence-electron chi connectivity index (χ3n) is 6.21. The van der Waals surface area contributed by atoms with Gasteiger partial charge in [-0.2, -0.15) is 0 Å². The van der Waals surface area contributed by atoms with Crippen LogP contribution in [0.1, 0.15) is 29.8 Å². The molecule has 0 fully saturated rings. The number of pyridine rings is 1. The molecule has 0 spiro atoms. The molecule has 0 radical (unpaired) electrons. The van der Waals surface area contributed by atoms with E-state index in [1.165, 1.54) is 72.7 Å². The van der Waals surface area contributed by atoms with Crippen LogP contribution in [-0.2, 0) is 33.0 Å². The number of esters is 1. The molecule has 2 aromatic heterocycles. The largest absolute Gasteiger partial charge is 0.461 e. The Hall–Kier alpha value is -5.18. The van der Waals surface area contributed by atoms with E-state index >= 15 is 8.78 Å². The first-order valence-corrected chi connectivity index (χ1v) is 14.6. The van der Waals surface area contributed by atoms with Crippen molar-refractivity contribution in [1.82, 2.24) is 19.4 Å². The molecular formula is C29H27F2N5O7S. The van der Waals surface area contributed by atoms with Crippen LogP contribution in [0.15, 0.2) is 87.7 Å². The number of benzene rings is 2. The van der Waals surface area contributed by atoms with Gasteiger partial charge in [-0.3, -0.25) is 19.3 Å². The normalized spacial score (nSPS) is 12.0. The lowest BCUT2D eigenvalue weighted by Gasteiger charge is -2.20. The number of aromatic nitrogens is 3. The molecule has 4 rings (SSSR count). The van der Waals surface area contributed by atoms with E-state index in [0.717, 1.165) is 4.57 Å². The lowest BCUT2D eigenvalue weighted by atomic mass is 10.0. The second kappa shape index (κ2) is 13.0. The summed E-state index contributed by atoms with van der Waals surface area (Å²) in [6.45, 7) is 3.16. The molecule has 2 heterocycles. The number of aryl methyl sites for hydroxylation is 1. The summed E-state index contributed by atoms with van der Waals surface area (Å²) in [7, 11) is -2.72. The van der Waals surface area contributed by atoms with E-state index in [0.29, 0.717) is 17.7 Å². The highest BCUT2D eigenvalue weighted by atomic mass is 32.2. The van der Waals surface area contributed by atoms with Crippen LogP contribution >= 0.6 is 0 Å². The summed E-state index contributed by atoms with van der Waals surface area (Å²) < 4.78 is 64.5. The van der Waals surface area contributed by atoms with Crippen molar-refractivity contribution < 1.29 is 31.5 Å². The van der Waals surface area contributed by atoms with Gasteiger partial charge in [-0.25, -0.2) is 31.4 Å². The second-order valence-electron chi connectivity index (χ2n) is 9.87. The Balaban J connectivity index is 1.57. The maximum Gasteiger partial charge on any atom is 0.335 e. The summed E-state index contributed by atoms with van der Waals surface area (Å²) in [4.78, 5) is 54.1. The van der Waals surface area contributed by atoms with Crippen LogP contribution in [0.5, 0.6) is 0 Å². The molecule has 0 aliphatic heterocycles. The maximum absolute atomic E-state index is 15.0. The average Bonchev–Trinajstić information content (AvgIpc) is 2.95. The van der Waals surface area contributed by atoms with E-state index in [4.69, 9.17) is 4.74 Å². The summed E-state index contributed by atoms with van der Waals surface area (Å²) in [6.07, 6.45) is 3.04. The topological polar surface area (TPSA) is 158 Å². The van der Waals surface area contributed by atoms with E-state index in [-0.39, 0.29) is 17.0 Å². The SMILES string of the molecule is CC(C)OC(=O)[C@H](Cc1ccc(-n2c(=O)ccn(C)c2=O)cc1)NC(=O)c1c(F)cc(NS(=O)(=O)c2ccncc2)cc1F. The molecule has 0 saturated heterocycles. The Labute approximate surface area is 250 Å². The van der Waals surface area contributed by atoms with Crippen LogP contribution in [0.2, 0.25) is 0 Å². The highest BCUT2D eigenvalue weighted by Crippen LogP contribution is 2.22. The van der Waals surface area contributed by atoms with Crippen molar-refractivity contribution in [3.63, 3.8) is 0 Å².